The number of ether oxygens (including phenoxy) is 1. The summed E-state index contributed by atoms with van der Waals surface area (Å²) in [7, 11) is 1.59. The van der Waals surface area contributed by atoms with Crippen LogP contribution in [-0.2, 0) is 6.42 Å². The normalized spacial score (nSPS) is 10.2. The summed E-state index contributed by atoms with van der Waals surface area (Å²) < 4.78 is 5.31. The Hall–Kier alpha value is -3.27. The number of methoxy groups -OCH3 is 1. The lowest BCUT2D eigenvalue weighted by atomic mass is 10.0. The first-order valence-electron chi connectivity index (χ1n) is 8.50. The molecule has 0 heterocycles. The summed E-state index contributed by atoms with van der Waals surface area (Å²) in [6.07, 6.45) is 0.755. The predicted molar refractivity (Wildman–Crippen MR) is 106 cm³/mol. The van der Waals surface area contributed by atoms with E-state index in [2.05, 4.69) is 22.8 Å². The van der Waals surface area contributed by atoms with Crippen molar-refractivity contribution in [2.24, 2.45) is 0 Å². The van der Waals surface area contributed by atoms with E-state index in [0.29, 0.717) is 11.4 Å². The molecule has 0 spiro atoms. The van der Waals surface area contributed by atoms with Gasteiger partial charge < -0.3 is 15.4 Å². The maximum Gasteiger partial charge on any atom is 0.323 e. The van der Waals surface area contributed by atoms with E-state index in [0.717, 1.165) is 23.2 Å². The molecule has 0 radical (unpaired) electrons. The number of anilines is 2. The van der Waals surface area contributed by atoms with Gasteiger partial charge in [0.15, 0.2) is 0 Å². The number of aryl methyl sites for hydroxylation is 1. The van der Waals surface area contributed by atoms with Gasteiger partial charge in [0.1, 0.15) is 5.75 Å². The molecule has 0 unspecified atom stereocenters. The summed E-state index contributed by atoms with van der Waals surface area (Å²) >= 11 is 0. The zero-order valence-corrected chi connectivity index (χ0v) is 15.0. The molecule has 2 amide bonds. The van der Waals surface area contributed by atoms with Gasteiger partial charge in [-0.05, 0) is 48.2 Å². The third kappa shape index (κ3) is 4.42. The highest BCUT2D eigenvalue weighted by Crippen LogP contribution is 2.26. The van der Waals surface area contributed by atoms with Gasteiger partial charge >= 0.3 is 6.03 Å². The summed E-state index contributed by atoms with van der Waals surface area (Å²) in [5.74, 6) is 0.628. The van der Waals surface area contributed by atoms with E-state index in [1.165, 1.54) is 5.56 Å². The average molecular weight is 346 g/mol. The minimum atomic E-state index is -0.297. The first-order valence-corrected chi connectivity index (χ1v) is 8.50. The van der Waals surface area contributed by atoms with Crippen molar-refractivity contribution in [2.75, 3.05) is 17.7 Å². The van der Waals surface area contributed by atoms with Gasteiger partial charge in [-0.2, -0.15) is 0 Å². The fraction of sp³-hybridized carbons (Fsp3) is 0.136. The molecule has 3 rings (SSSR count). The molecule has 0 bridgehead atoms. The third-order valence-corrected chi connectivity index (χ3v) is 4.11. The monoisotopic (exact) mass is 346 g/mol. The number of benzene rings is 3. The number of nitrogens with one attached hydrogen (secondary N) is 2. The number of rotatable bonds is 5. The summed E-state index contributed by atoms with van der Waals surface area (Å²) in [5.41, 5.74) is 4.74. The van der Waals surface area contributed by atoms with Gasteiger partial charge in [-0.15, -0.1) is 0 Å². The standard InChI is InChI=1S/C22H22N2O2/c1-16-12-13-21(26-2)20(14-16)24-22(25)23-19-11-7-6-10-18(19)15-17-8-4-3-5-9-17/h3-14H,15H2,1-2H3,(H2,23,24,25). The summed E-state index contributed by atoms with van der Waals surface area (Å²) in [6.45, 7) is 1.97. The van der Waals surface area contributed by atoms with Gasteiger partial charge in [0.05, 0.1) is 12.8 Å². The minimum Gasteiger partial charge on any atom is -0.495 e. The van der Waals surface area contributed by atoms with E-state index in [1.54, 1.807) is 7.11 Å². The smallest absolute Gasteiger partial charge is 0.323 e. The molecule has 0 saturated carbocycles. The third-order valence-electron chi connectivity index (χ3n) is 4.11. The molecule has 0 aromatic heterocycles. The van der Waals surface area contributed by atoms with Gasteiger partial charge in [-0.25, -0.2) is 4.79 Å². The quantitative estimate of drug-likeness (QED) is 0.664. The van der Waals surface area contributed by atoms with E-state index in [-0.39, 0.29) is 6.03 Å². The zero-order chi connectivity index (χ0) is 18.4. The molecular weight excluding hydrogens is 324 g/mol. The highest BCUT2D eigenvalue weighted by atomic mass is 16.5. The molecule has 3 aromatic carbocycles. The van der Waals surface area contributed by atoms with Crippen molar-refractivity contribution in [3.8, 4) is 5.75 Å². The second kappa shape index (κ2) is 8.21. The first-order chi connectivity index (χ1) is 12.7. The van der Waals surface area contributed by atoms with Crippen molar-refractivity contribution in [1.82, 2.24) is 0 Å². The van der Waals surface area contributed by atoms with Crippen LogP contribution in [0.4, 0.5) is 16.2 Å². The van der Waals surface area contributed by atoms with Crippen LogP contribution in [0.3, 0.4) is 0 Å². The molecule has 3 aromatic rings. The Kier molecular flexibility index (Phi) is 5.54. The topological polar surface area (TPSA) is 50.4 Å². The molecule has 0 atom stereocenters. The molecular formula is C22H22N2O2. The summed E-state index contributed by atoms with van der Waals surface area (Å²) in [4.78, 5) is 12.5. The van der Waals surface area contributed by atoms with Crippen molar-refractivity contribution in [3.63, 3.8) is 0 Å². The number of carbonyl (C=O) groups is 1. The first kappa shape index (κ1) is 17.5. The molecule has 0 fully saturated rings. The molecule has 4 nitrogen and oxygen atoms in total. The minimum absolute atomic E-state index is 0.297. The number of carbonyl (C=O) groups excluding carboxylic acids is 1. The van der Waals surface area contributed by atoms with Crippen molar-refractivity contribution < 1.29 is 9.53 Å². The molecule has 0 saturated heterocycles. The molecule has 0 aliphatic rings. The lowest BCUT2D eigenvalue weighted by Crippen LogP contribution is -2.20. The van der Waals surface area contributed by atoms with Crippen molar-refractivity contribution in [1.29, 1.82) is 0 Å². The fourth-order valence-corrected chi connectivity index (χ4v) is 2.81. The van der Waals surface area contributed by atoms with Crippen LogP contribution in [0.25, 0.3) is 0 Å². The molecule has 2 N–H and O–H groups in total. The number of hydrogen-bond donors (Lipinski definition) is 2. The lowest BCUT2D eigenvalue weighted by Gasteiger charge is -2.14. The summed E-state index contributed by atoms with van der Waals surface area (Å²) in [6, 6.07) is 23.4. The van der Waals surface area contributed by atoms with Crippen molar-refractivity contribution in [3.05, 3.63) is 89.5 Å². The van der Waals surface area contributed by atoms with Crippen molar-refractivity contribution in [2.45, 2.75) is 13.3 Å². The van der Waals surface area contributed by atoms with Gasteiger partial charge in [0.25, 0.3) is 0 Å². The second-order valence-electron chi connectivity index (χ2n) is 6.10. The second-order valence-corrected chi connectivity index (χ2v) is 6.10. The highest BCUT2D eigenvalue weighted by molar-refractivity contribution is 6.01. The highest BCUT2D eigenvalue weighted by Gasteiger charge is 2.10. The Morgan fingerprint density at radius 1 is 0.885 bits per heavy atom. The molecule has 132 valence electrons. The van der Waals surface area contributed by atoms with Gasteiger partial charge in [-0.3, -0.25) is 0 Å². The van der Waals surface area contributed by atoms with E-state index in [9.17, 15) is 4.79 Å². The maximum atomic E-state index is 12.5. The predicted octanol–water partition coefficient (Wildman–Crippen LogP) is 5.24. The Morgan fingerprint density at radius 2 is 1.58 bits per heavy atom. The van der Waals surface area contributed by atoms with Gasteiger partial charge in [0.2, 0.25) is 0 Å². The number of urea groups is 1. The van der Waals surface area contributed by atoms with Crippen LogP contribution in [0, 0.1) is 6.92 Å². The van der Waals surface area contributed by atoms with Crippen LogP contribution in [0.1, 0.15) is 16.7 Å². The maximum absolute atomic E-state index is 12.5. The average Bonchev–Trinajstić information content (AvgIpc) is 2.64. The fourth-order valence-electron chi connectivity index (χ4n) is 2.81. The van der Waals surface area contributed by atoms with Gasteiger partial charge in [-0.1, -0.05) is 54.6 Å². The molecule has 4 heteroatoms. The van der Waals surface area contributed by atoms with E-state index >= 15 is 0 Å². The molecule has 26 heavy (non-hydrogen) atoms. The Bertz CT molecular complexity index is 892. The zero-order valence-electron chi connectivity index (χ0n) is 15.0. The van der Waals surface area contributed by atoms with Crippen LogP contribution < -0.4 is 15.4 Å². The Balaban J connectivity index is 1.75. The lowest BCUT2D eigenvalue weighted by molar-refractivity contribution is 0.262. The number of hydrogen-bond acceptors (Lipinski definition) is 2. The Morgan fingerprint density at radius 3 is 2.35 bits per heavy atom. The van der Waals surface area contributed by atoms with Crippen LogP contribution in [0.2, 0.25) is 0 Å². The van der Waals surface area contributed by atoms with E-state index in [1.807, 2.05) is 67.6 Å². The van der Waals surface area contributed by atoms with Crippen LogP contribution in [-0.4, -0.2) is 13.1 Å². The van der Waals surface area contributed by atoms with Crippen LogP contribution in [0.15, 0.2) is 72.8 Å². The van der Waals surface area contributed by atoms with Gasteiger partial charge in [0, 0.05) is 5.69 Å². The Labute approximate surface area is 153 Å². The SMILES string of the molecule is COc1ccc(C)cc1NC(=O)Nc1ccccc1Cc1ccccc1. The number of para-hydroxylation sites is 1. The van der Waals surface area contributed by atoms with Crippen molar-refractivity contribution >= 4 is 17.4 Å². The summed E-state index contributed by atoms with van der Waals surface area (Å²) in [5, 5.41) is 5.81. The molecule has 0 aliphatic heterocycles. The van der Waals surface area contributed by atoms with E-state index < -0.39 is 0 Å². The molecule has 0 aliphatic carbocycles. The van der Waals surface area contributed by atoms with Crippen LogP contribution >= 0.6 is 0 Å². The number of amides is 2. The van der Waals surface area contributed by atoms with E-state index in [4.69, 9.17) is 4.74 Å². The largest absolute Gasteiger partial charge is 0.495 e. The van der Waals surface area contributed by atoms with Crippen LogP contribution in [0.5, 0.6) is 5.75 Å².